The van der Waals surface area contributed by atoms with Gasteiger partial charge in [-0.15, -0.1) is 0 Å². The van der Waals surface area contributed by atoms with Gasteiger partial charge in [0.25, 0.3) is 0 Å². The molecule has 1 aliphatic carbocycles. The Morgan fingerprint density at radius 3 is 2.16 bits per heavy atom. The van der Waals surface area contributed by atoms with Crippen LogP contribution < -0.4 is 5.32 Å². The second kappa shape index (κ2) is 11.2. The monoisotopic (exact) mass is 436 g/mol. The number of hydrogen-bond acceptors (Lipinski definition) is 5. The molecule has 1 aliphatic heterocycles. The van der Waals surface area contributed by atoms with Crippen LogP contribution >= 0.6 is 0 Å². The third-order valence-electron chi connectivity index (χ3n) is 4.63. The van der Waals surface area contributed by atoms with Crippen LogP contribution in [0.5, 0.6) is 0 Å². The average molecular weight is 437 g/mol. The van der Waals surface area contributed by atoms with Gasteiger partial charge in [0.15, 0.2) is 5.78 Å². The first-order valence-corrected chi connectivity index (χ1v) is 10.3. The first kappa shape index (κ1) is 24.7. The number of carboxylic acid groups (broad SMARTS) is 2. The smallest absolute Gasteiger partial charge is 0.328 e. The van der Waals surface area contributed by atoms with Crippen LogP contribution in [0.2, 0.25) is 0 Å². The lowest BCUT2D eigenvalue weighted by atomic mass is 10.0. The molecule has 0 fully saturated rings. The molecule has 2 aliphatic rings. The van der Waals surface area contributed by atoms with Gasteiger partial charge >= 0.3 is 11.9 Å². The molecule has 7 heteroatoms. The summed E-state index contributed by atoms with van der Waals surface area (Å²) in [5, 5.41) is 20.2. The summed E-state index contributed by atoms with van der Waals surface area (Å²) in [5.74, 6) is -2.38. The summed E-state index contributed by atoms with van der Waals surface area (Å²) in [7, 11) is 0. The molecule has 0 aromatic heterocycles. The number of ketones is 1. The van der Waals surface area contributed by atoms with Crippen LogP contribution in [-0.4, -0.2) is 39.0 Å². The number of Topliss-reactive ketones (excluding diaryl/α,β-unsaturated/α-hetero) is 1. The topological polar surface area (TPSA) is 117 Å². The standard InChI is InChI=1S/C21H24N2O.C4H4O4/c1-13(2)21(24)15-7-5-9-17-18-10-6-8-16(12-22-14(3)4)20(18)23-19(17)11-15;5-3(6)1-2-4(7)8/h5-11,13-14,22H,12H2,1-4H3;1-2H,(H,5,6)(H,7,8). The van der Waals surface area contributed by atoms with E-state index >= 15 is 0 Å². The van der Waals surface area contributed by atoms with Crippen LogP contribution in [0.3, 0.4) is 0 Å². The minimum absolute atomic E-state index is 0.0161. The van der Waals surface area contributed by atoms with Gasteiger partial charge in [-0.05, 0) is 11.6 Å². The molecule has 0 bridgehead atoms. The molecule has 0 atom stereocenters. The van der Waals surface area contributed by atoms with Gasteiger partial charge in [0.05, 0.1) is 11.2 Å². The average Bonchev–Trinajstić information content (AvgIpc) is 2.94. The highest BCUT2D eigenvalue weighted by Gasteiger charge is 2.16. The Morgan fingerprint density at radius 2 is 1.59 bits per heavy atom. The Hall–Kier alpha value is -3.58. The summed E-state index contributed by atoms with van der Waals surface area (Å²) < 4.78 is 0. The summed E-state index contributed by atoms with van der Waals surface area (Å²) >= 11 is 0. The lowest BCUT2D eigenvalue weighted by Crippen LogP contribution is -2.21. The Morgan fingerprint density at radius 1 is 0.969 bits per heavy atom. The van der Waals surface area contributed by atoms with Crippen molar-refractivity contribution in [2.75, 3.05) is 0 Å². The third kappa shape index (κ3) is 6.72. The van der Waals surface area contributed by atoms with Crippen molar-refractivity contribution >= 4 is 28.6 Å². The fourth-order valence-corrected chi connectivity index (χ4v) is 3.07. The van der Waals surface area contributed by atoms with Crippen LogP contribution in [0.1, 0.15) is 43.6 Å². The largest absolute Gasteiger partial charge is 0.478 e. The van der Waals surface area contributed by atoms with Gasteiger partial charge in [0.2, 0.25) is 0 Å². The zero-order valence-electron chi connectivity index (χ0n) is 18.6. The van der Waals surface area contributed by atoms with Crippen molar-refractivity contribution in [1.29, 1.82) is 0 Å². The van der Waals surface area contributed by atoms with E-state index in [4.69, 9.17) is 15.2 Å². The number of rotatable bonds is 7. The lowest BCUT2D eigenvalue weighted by Gasteiger charge is -2.08. The second-order valence-corrected chi connectivity index (χ2v) is 7.91. The molecule has 1 heterocycles. The fourth-order valence-electron chi connectivity index (χ4n) is 3.07. The molecule has 168 valence electrons. The van der Waals surface area contributed by atoms with Gasteiger partial charge in [-0.1, -0.05) is 64.1 Å². The molecular formula is C25H28N2O5. The van der Waals surface area contributed by atoms with Crippen LogP contribution in [-0.2, 0) is 16.1 Å². The number of carboxylic acids is 2. The van der Waals surface area contributed by atoms with Crippen molar-refractivity contribution in [3.05, 3.63) is 65.7 Å². The van der Waals surface area contributed by atoms with E-state index in [1.165, 1.54) is 5.56 Å². The molecule has 0 amide bonds. The Labute approximate surface area is 187 Å². The van der Waals surface area contributed by atoms with Crippen LogP contribution in [0.4, 0.5) is 0 Å². The fraction of sp³-hybridized carbons (Fsp3) is 0.280. The molecular weight excluding hydrogens is 408 g/mol. The number of benzene rings is 1. The number of carbonyl (C=O) groups excluding carboxylic acids is 1. The summed E-state index contributed by atoms with van der Waals surface area (Å²) in [6.07, 6.45) is 1.12. The van der Waals surface area contributed by atoms with E-state index in [2.05, 4.69) is 43.4 Å². The minimum Gasteiger partial charge on any atom is -0.478 e. The van der Waals surface area contributed by atoms with E-state index in [0.717, 1.165) is 34.3 Å². The Kier molecular flexibility index (Phi) is 8.61. The maximum Gasteiger partial charge on any atom is 0.328 e. The summed E-state index contributed by atoms with van der Waals surface area (Å²) in [4.78, 5) is 36.3. The highest BCUT2D eigenvalue weighted by molar-refractivity contribution is 6.02. The predicted octanol–water partition coefficient (Wildman–Crippen LogP) is 4.39. The molecule has 1 aromatic rings. The zero-order valence-corrected chi connectivity index (χ0v) is 18.6. The molecule has 0 spiro atoms. The predicted molar refractivity (Wildman–Crippen MR) is 124 cm³/mol. The second-order valence-electron chi connectivity index (χ2n) is 7.91. The molecule has 3 rings (SSSR count). The third-order valence-corrected chi connectivity index (χ3v) is 4.63. The van der Waals surface area contributed by atoms with Gasteiger partial charge in [0, 0.05) is 47.2 Å². The number of nitrogens with zero attached hydrogens (tertiary/aromatic N) is 1. The molecule has 3 N–H and O–H groups in total. The van der Waals surface area contributed by atoms with Crippen LogP contribution in [0.15, 0.2) is 54.6 Å². The summed E-state index contributed by atoms with van der Waals surface area (Å²) in [6, 6.07) is 14.6. The van der Waals surface area contributed by atoms with Gasteiger partial charge < -0.3 is 15.5 Å². The van der Waals surface area contributed by atoms with E-state index < -0.39 is 11.9 Å². The first-order chi connectivity index (χ1) is 15.1. The number of aromatic nitrogens is 1. The van der Waals surface area contributed by atoms with E-state index in [1.807, 2.05) is 32.0 Å². The van der Waals surface area contributed by atoms with Crippen molar-refractivity contribution in [1.82, 2.24) is 10.3 Å². The van der Waals surface area contributed by atoms with Crippen molar-refractivity contribution in [2.24, 2.45) is 5.92 Å². The number of para-hydroxylation sites is 1. The molecule has 0 saturated heterocycles. The molecule has 7 nitrogen and oxygen atoms in total. The van der Waals surface area contributed by atoms with Gasteiger partial charge in [-0.2, -0.15) is 0 Å². The summed E-state index contributed by atoms with van der Waals surface area (Å²) in [6.45, 7) is 8.92. The molecule has 0 saturated carbocycles. The van der Waals surface area contributed by atoms with Crippen molar-refractivity contribution in [3.63, 3.8) is 0 Å². The van der Waals surface area contributed by atoms with E-state index in [1.54, 1.807) is 0 Å². The molecule has 0 unspecified atom stereocenters. The SMILES string of the molecule is CC(C)NCc1cccc2c3cccc(C(=O)C(C)C)cc-3nc12.O=C(O)C=CC(=O)O. The molecule has 32 heavy (non-hydrogen) atoms. The quantitative estimate of drug-likeness (QED) is 0.371. The Bertz CT molecular complexity index is 1100. The Balaban J connectivity index is 0.000000390. The normalized spacial score (nSPS) is 11.2. The number of hydrogen-bond donors (Lipinski definition) is 3. The number of nitrogens with one attached hydrogen (secondary N) is 1. The minimum atomic E-state index is -1.26. The van der Waals surface area contributed by atoms with Crippen LogP contribution in [0, 0.1) is 5.92 Å². The number of aliphatic carboxylic acids is 2. The van der Waals surface area contributed by atoms with Crippen molar-refractivity contribution < 1.29 is 24.6 Å². The summed E-state index contributed by atoms with van der Waals surface area (Å²) in [5.41, 5.74) is 4.92. The maximum atomic E-state index is 12.3. The van der Waals surface area contributed by atoms with Gasteiger partial charge in [-0.25, -0.2) is 14.6 Å². The van der Waals surface area contributed by atoms with Gasteiger partial charge in [-0.3, -0.25) is 4.79 Å². The van der Waals surface area contributed by atoms with Crippen molar-refractivity contribution in [2.45, 2.75) is 40.3 Å². The lowest BCUT2D eigenvalue weighted by molar-refractivity contribution is -0.134. The van der Waals surface area contributed by atoms with E-state index in [0.29, 0.717) is 18.2 Å². The molecule has 1 aromatic carbocycles. The van der Waals surface area contributed by atoms with E-state index in [-0.39, 0.29) is 11.7 Å². The van der Waals surface area contributed by atoms with Crippen LogP contribution in [0.25, 0.3) is 22.2 Å². The zero-order chi connectivity index (χ0) is 23.8. The van der Waals surface area contributed by atoms with Crippen molar-refractivity contribution in [3.8, 4) is 11.3 Å². The number of carbonyl (C=O) groups is 3. The van der Waals surface area contributed by atoms with Gasteiger partial charge in [0.1, 0.15) is 0 Å². The highest BCUT2D eigenvalue weighted by Crippen LogP contribution is 2.32. The van der Waals surface area contributed by atoms with E-state index in [9.17, 15) is 14.4 Å². The molecule has 0 radical (unpaired) electrons. The highest BCUT2D eigenvalue weighted by atomic mass is 16.4. The maximum absolute atomic E-state index is 12.3. The number of fused-ring (bicyclic) bond motifs is 3. The first-order valence-electron chi connectivity index (χ1n) is 10.3.